The fraction of sp³-hybridized carbons (Fsp3) is 0.400. The predicted molar refractivity (Wildman–Crippen MR) is 122 cm³/mol. The Labute approximate surface area is 191 Å². The van der Waals surface area contributed by atoms with Crippen molar-refractivity contribution in [3.05, 3.63) is 47.8 Å². The van der Waals surface area contributed by atoms with Gasteiger partial charge in [-0.05, 0) is 49.6 Å². The van der Waals surface area contributed by atoms with Crippen LogP contribution in [0.15, 0.2) is 36.4 Å². The van der Waals surface area contributed by atoms with Crippen LogP contribution in [0.2, 0.25) is 0 Å². The van der Waals surface area contributed by atoms with Gasteiger partial charge in [-0.15, -0.1) is 0 Å². The van der Waals surface area contributed by atoms with Gasteiger partial charge in [0, 0.05) is 43.7 Å². The van der Waals surface area contributed by atoms with Crippen LogP contribution in [0.4, 0.5) is 5.69 Å². The van der Waals surface area contributed by atoms with Crippen LogP contribution in [-0.4, -0.2) is 53.1 Å². The Morgan fingerprint density at radius 2 is 1.91 bits per heavy atom. The van der Waals surface area contributed by atoms with E-state index in [9.17, 15) is 9.59 Å². The molecule has 1 aromatic heterocycles. The van der Waals surface area contributed by atoms with Gasteiger partial charge in [0.05, 0.1) is 17.0 Å². The minimum atomic E-state index is -0.311. The van der Waals surface area contributed by atoms with Gasteiger partial charge in [-0.25, -0.2) is 4.98 Å². The molecule has 0 saturated carbocycles. The number of anilines is 1. The normalized spacial score (nSPS) is 20.8. The molecule has 2 fully saturated rings. The molecule has 33 heavy (non-hydrogen) atoms. The summed E-state index contributed by atoms with van der Waals surface area (Å²) >= 11 is 0. The molecule has 1 N–H and O–H groups in total. The zero-order valence-corrected chi connectivity index (χ0v) is 18.5. The molecule has 0 aliphatic carbocycles. The maximum absolute atomic E-state index is 13.2. The number of ether oxygens (including phenoxy) is 2. The third-order valence-corrected chi connectivity index (χ3v) is 6.99. The number of hydrogen-bond acceptors (Lipinski definition) is 5. The molecule has 8 heteroatoms. The maximum atomic E-state index is 13.2. The molecule has 2 aromatic carbocycles. The van der Waals surface area contributed by atoms with Crippen molar-refractivity contribution in [3.8, 4) is 11.5 Å². The number of nitrogens with one attached hydrogen (secondary N) is 1. The van der Waals surface area contributed by atoms with Crippen LogP contribution in [0.25, 0.3) is 11.0 Å². The lowest BCUT2D eigenvalue weighted by atomic mass is 9.95. The number of nitrogens with zero attached hydrogens (tertiary/aromatic N) is 3. The minimum Gasteiger partial charge on any atom is -0.454 e. The molecule has 0 radical (unpaired) electrons. The molecule has 2 saturated heterocycles. The monoisotopic (exact) mass is 446 g/mol. The van der Waals surface area contributed by atoms with Crippen LogP contribution in [0.1, 0.15) is 36.6 Å². The molecule has 8 nitrogen and oxygen atoms in total. The van der Waals surface area contributed by atoms with E-state index in [0.29, 0.717) is 37.1 Å². The summed E-state index contributed by atoms with van der Waals surface area (Å²) in [4.78, 5) is 37.8. The van der Waals surface area contributed by atoms with Crippen molar-refractivity contribution >= 4 is 28.5 Å². The molecule has 1 unspecified atom stereocenters. The fourth-order valence-corrected chi connectivity index (χ4v) is 5.14. The highest BCUT2D eigenvalue weighted by Gasteiger charge is 2.38. The highest BCUT2D eigenvalue weighted by molar-refractivity contribution is 6.00. The van der Waals surface area contributed by atoms with Gasteiger partial charge < -0.3 is 24.3 Å². The minimum absolute atomic E-state index is 0.0281. The van der Waals surface area contributed by atoms with Crippen molar-refractivity contribution in [2.24, 2.45) is 5.92 Å². The second kappa shape index (κ2) is 7.79. The smallest absolute Gasteiger partial charge is 0.231 e. The molecule has 6 rings (SSSR count). The van der Waals surface area contributed by atoms with Gasteiger partial charge in [0.25, 0.3) is 0 Å². The van der Waals surface area contributed by atoms with Gasteiger partial charge in [0.1, 0.15) is 5.82 Å². The second-order valence-corrected chi connectivity index (χ2v) is 9.19. The summed E-state index contributed by atoms with van der Waals surface area (Å²) < 4.78 is 10.8. The molecule has 3 aromatic rings. The predicted octanol–water partition coefficient (Wildman–Crippen LogP) is 3.36. The van der Waals surface area contributed by atoms with Crippen LogP contribution in [0.5, 0.6) is 11.5 Å². The second-order valence-electron chi connectivity index (χ2n) is 9.19. The lowest BCUT2D eigenvalue weighted by molar-refractivity contribution is -0.136. The van der Waals surface area contributed by atoms with E-state index in [0.717, 1.165) is 35.4 Å². The molecule has 4 heterocycles. The first-order valence-electron chi connectivity index (χ1n) is 11.5. The highest BCUT2D eigenvalue weighted by atomic mass is 16.7. The number of hydrogen-bond donors (Lipinski definition) is 1. The van der Waals surface area contributed by atoms with Crippen molar-refractivity contribution in [1.82, 2.24) is 14.9 Å². The summed E-state index contributed by atoms with van der Waals surface area (Å²) in [6.45, 7) is 4.05. The lowest BCUT2D eigenvalue weighted by Crippen LogP contribution is -2.42. The van der Waals surface area contributed by atoms with Gasteiger partial charge in [-0.3, -0.25) is 9.59 Å². The third-order valence-electron chi connectivity index (χ3n) is 6.99. The molecule has 170 valence electrons. The van der Waals surface area contributed by atoms with Crippen molar-refractivity contribution in [1.29, 1.82) is 0 Å². The average molecular weight is 447 g/mol. The van der Waals surface area contributed by atoms with E-state index >= 15 is 0 Å². The van der Waals surface area contributed by atoms with Crippen LogP contribution in [0, 0.1) is 12.8 Å². The third kappa shape index (κ3) is 3.59. The van der Waals surface area contributed by atoms with Gasteiger partial charge in [0.15, 0.2) is 11.5 Å². The molecule has 0 bridgehead atoms. The first kappa shape index (κ1) is 20.1. The van der Waals surface area contributed by atoms with Crippen molar-refractivity contribution in [2.75, 3.05) is 31.3 Å². The van der Waals surface area contributed by atoms with Crippen molar-refractivity contribution in [3.63, 3.8) is 0 Å². The number of H-pyrrole nitrogens is 1. The number of carbonyl (C=O) groups excluding carboxylic acids is 2. The number of carbonyl (C=O) groups is 2. The van der Waals surface area contributed by atoms with Crippen LogP contribution in [-0.2, 0) is 9.59 Å². The Bertz CT molecular complexity index is 1240. The van der Waals surface area contributed by atoms with E-state index in [4.69, 9.17) is 14.5 Å². The first-order valence-corrected chi connectivity index (χ1v) is 11.5. The maximum Gasteiger partial charge on any atom is 0.231 e. The van der Waals surface area contributed by atoms with E-state index in [2.05, 4.69) is 24.0 Å². The Hall–Kier alpha value is -3.55. The summed E-state index contributed by atoms with van der Waals surface area (Å²) in [5.41, 5.74) is 4.01. The molecule has 1 atom stereocenters. The molecule has 2 amide bonds. The van der Waals surface area contributed by atoms with Crippen molar-refractivity contribution < 1.29 is 19.1 Å². The number of aryl methyl sites for hydroxylation is 1. The van der Waals surface area contributed by atoms with Gasteiger partial charge in [0.2, 0.25) is 18.6 Å². The molecular formula is C25H26N4O4. The van der Waals surface area contributed by atoms with Gasteiger partial charge >= 0.3 is 0 Å². The number of fused-ring (bicyclic) bond motifs is 2. The zero-order valence-electron chi connectivity index (χ0n) is 18.5. The summed E-state index contributed by atoms with van der Waals surface area (Å²) in [6, 6.07) is 11.7. The Kier molecular flexibility index (Phi) is 4.74. The van der Waals surface area contributed by atoms with Crippen LogP contribution >= 0.6 is 0 Å². The summed E-state index contributed by atoms with van der Waals surface area (Å²) in [5, 5.41) is 0. The molecule has 0 spiro atoms. The number of benzene rings is 2. The summed E-state index contributed by atoms with van der Waals surface area (Å²) in [7, 11) is 0. The standard InChI is InChI=1S/C25H26N4O4/c1-15-2-4-19-20(10-15)27-24(26-19)16-6-8-28(9-7-16)25(31)17-11-23(30)29(13-17)18-3-5-21-22(12-18)33-14-32-21/h2-5,10,12,16-17H,6-9,11,13-14H2,1H3,(H,26,27). The Morgan fingerprint density at radius 3 is 2.76 bits per heavy atom. The lowest BCUT2D eigenvalue weighted by Gasteiger charge is -2.32. The van der Waals surface area contributed by atoms with E-state index < -0.39 is 0 Å². The van der Waals surface area contributed by atoms with E-state index in [1.807, 2.05) is 29.2 Å². The van der Waals surface area contributed by atoms with Crippen LogP contribution < -0.4 is 14.4 Å². The van der Waals surface area contributed by atoms with Crippen molar-refractivity contribution in [2.45, 2.75) is 32.1 Å². The molecular weight excluding hydrogens is 420 g/mol. The number of imidazole rings is 1. The average Bonchev–Trinajstić information content (AvgIpc) is 3.55. The first-order chi connectivity index (χ1) is 16.0. The summed E-state index contributed by atoms with van der Waals surface area (Å²) in [6.07, 6.45) is 1.99. The fourth-order valence-electron chi connectivity index (χ4n) is 5.14. The van der Waals surface area contributed by atoms with E-state index in [1.54, 1.807) is 4.90 Å². The summed E-state index contributed by atoms with van der Waals surface area (Å²) in [5.74, 6) is 2.38. The van der Waals surface area contributed by atoms with E-state index in [1.165, 1.54) is 5.56 Å². The molecule has 3 aliphatic rings. The Balaban J connectivity index is 1.10. The number of piperidine rings is 1. The number of likely N-dealkylation sites (tertiary alicyclic amines) is 1. The van der Waals surface area contributed by atoms with Gasteiger partial charge in [-0.1, -0.05) is 6.07 Å². The Morgan fingerprint density at radius 1 is 1.09 bits per heavy atom. The zero-order chi connectivity index (χ0) is 22.5. The quantitative estimate of drug-likeness (QED) is 0.667. The number of aromatic nitrogens is 2. The molecule has 3 aliphatic heterocycles. The van der Waals surface area contributed by atoms with Crippen LogP contribution in [0.3, 0.4) is 0 Å². The largest absolute Gasteiger partial charge is 0.454 e. The van der Waals surface area contributed by atoms with Gasteiger partial charge in [-0.2, -0.15) is 0 Å². The SMILES string of the molecule is Cc1ccc2nc(C3CCN(C(=O)C4CC(=O)N(c5ccc6c(c5)OCO6)C4)CC3)[nH]c2c1. The van der Waals surface area contributed by atoms with E-state index in [-0.39, 0.29) is 30.9 Å². The number of rotatable bonds is 3. The topological polar surface area (TPSA) is 87.8 Å². The number of amides is 2. The number of aromatic amines is 1. The highest BCUT2D eigenvalue weighted by Crippen LogP contribution is 2.37.